The second kappa shape index (κ2) is 9.72. The first-order valence-corrected chi connectivity index (χ1v) is 11.5. The van der Waals surface area contributed by atoms with E-state index >= 15 is 0 Å². The zero-order valence-corrected chi connectivity index (χ0v) is 19.3. The molecule has 0 saturated carbocycles. The summed E-state index contributed by atoms with van der Waals surface area (Å²) in [6, 6.07) is 17.6. The van der Waals surface area contributed by atoms with E-state index in [1.165, 1.54) is 0 Å². The van der Waals surface area contributed by atoms with Crippen LogP contribution in [0.15, 0.2) is 60.7 Å². The molecule has 4 rings (SSSR count). The van der Waals surface area contributed by atoms with E-state index in [4.69, 9.17) is 10.8 Å². The molecule has 1 spiro atoms. The molecule has 180 valence electrons. The van der Waals surface area contributed by atoms with Crippen LogP contribution in [0.3, 0.4) is 0 Å². The fraction of sp³-hybridized carbons (Fsp3) is 0.400. The number of hydrogen-bond acceptors (Lipinski definition) is 5. The van der Waals surface area contributed by atoms with Gasteiger partial charge in [0.2, 0.25) is 5.91 Å². The lowest BCUT2D eigenvalue weighted by Gasteiger charge is -2.43. The summed E-state index contributed by atoms with van der Waals surface area (Å²) in [6.07, 6.45) is 0.970. The minimum atomic E-state index is -1.18. The smallest absolute Gasteiger partial charge is 0.322 e. The molecule has 2 aromatic carbocycles. The predicted molar refractivity (Wildman–Crippen MR) is 128 cm³/mol. The average Bonchev–Trinajstić information content (AvgIpc) is 3.11. The van der Waals surface area contributed by atoms with Crippen LogP contribution in [0.5, 0.6) is 0 Å². The third-order valence-corrected chi connectivity index (χ3v) is 6.85. The fourth-order valence-electron chi connectivity index (χ4n) is 4.80. The standard InChI is InChI=1S/C25H31N5O4/c1-18(21(26)22(31)32)27-24(34)28-14-12-25(13-15-28)23(33)29(16-19-8-4-2-5-9-19)17-30(25)20-10-6-3-7-11-20/h2-11,18,21H,12-17,26H2,1H3,(H,27,34)(H,31,32). The molecule has 2 saturated heterocycles. The summed E-state index contributed by atoms with van der Waals surface area (Å²) in [5.74, 6) is -1.10. The molecule has 0 aromatic heterocycles. The SMILES string of the molecule is CC(NC(=O)N1CCC2(CC1)C(=O)N(Cc1ccccc1)CN2c1ccccc1)C(N)C(=O)O. The van der Waals surface area contributed by atoms with Gasteiger partial charge in [-0.3, -0.25) is 9.59 Å². The number of carbonyl (C=O) groups excluding carboxylic acids is 2. The molecule has 0 radical (unpaired) electrons. The second-order valence-corrected chi connectivity index (χ2v) is 9.01. The van der Waals surface area contributed by atoms with Crippen molar-refractivity contribution in [1.82, 2.24) is 15.1 Å². The largest absolute Gasteiger partial charge is 0.480 e. The normalized spacial score (nSPS) is 19.2. The number of carboxylic acids is 1. The Morgan fingerprint density at radius 1 is 1.06 bits per heavy atom. The molecule has 2 unspecified atom stereocenters. The van der Waals surface area contributed by atoms with Crippen LogP contribution in [0.25, 0.3) is 0 Å². The highest BCUT2D eigenvalue weighted by Crippen LogP contribution is 2.40. The molecule has 2 aliphatic heterocycles. The minimum absolute atomic E-state index is 0.0709. The highest BCUT2D eigenvalue weighted by atomic mass is 16.4. The first-order valence-electron chi connectivity index (χ1n) is 11.5. The number of rotatable bonds is 6. The maximum atomic E-state index is 13.8. The van der Waals surface area contributed by atoms with Crippen molar-refractivity contribution in [2.75, 3.05) is 24.7 Å². The summed E-state index contributed by atoms with van der Waals surface area (Å²) in [6.45, 7) is 3.35. The van der Waals surface area contributed by atoms with Crippen molar-refractivity contribution in [3.63, 3.8) is 0 Å². The Balaban J connectivity index is 1.50. The number of anilines is 1. The predicted octanol–water partition coefficient (Wildman–Crippen LogP) is 1.84. The number of nitrogens with zero attached hydrogens (tertiary/aromatic N) is 3. The maximum Gasteiger partial charge on any atom is 0.322 e. The summed E-state index contributed by atoms with van der Waals surface area (Å²) in [4.78, 5) is 43.3. The van der Waals surface area contributed by atoms with Gasteiger partial charge in [-0.2, -0.15) is 0 Å². The Hall–Kier alpha value is -3.59. The molecule has 2 heterocycles. The second-order valence-electron chi connectivity index (χ2n) is 9.01. The van der Waals surface area contributed by atoms with E-state index in [9.17, 15) is 14.4 Å². The number of hydrogen-bond donors (Lipinski definition) is 3. The quantitative estimate of drug-likeness (QED) is 0.599. The van der Waals surface area contributed by atoms with Gasteiger partial charge in [0, 0.05) is 25.3 Å². The molecule has 2 atom stereocenters. The first-order chi connectivity index (χ1) is 16.3. The van der Waals surface area contributed by atoms with Gasteiger partial charge in [-0.15, -0.1) is 0 Å². The van der Waals surface area contributed by atoms with Crippen molar-refractivity contribution in [2.24, 2.45) is 5.73 Å². The summed E-state index contributed by atoms with van der Waals surface area (Å²) in [7, 11) is 0. The van der Waals surface area contributed by atoms with Crippen LogP contribution in [0.1, 0.15) is 25.3 Å². The van der Waals surface area contributed by atoms with Crippen LogP contribution in [-0.4, -0.2) is 70.2 Å². The number of urea groups is 1. The number of para-hydroxylation sites is 1. The van der Waals surface area contributed by atoms with Crippen LogP contribution >= 0.6 is 0 Å². The highest BCUT2D eigenvalue weighted by molar-refractivity contribution is 5.94. The van der Waals surface area contributed by atoms with Crippen molar-refractivity contribution >= 4 is 23.6 Å². The molecule has 2 fully saturated rings. The summed E-state index contributed by atoms with van der Waals surface area (Å²) < 4.78 is 0. The third-order valence-electron chi connectivity index (χ3n) is 6.85. The van der Waals surface area contributed by atoms with Crippen LogP contribution in [0, 0.1) is 0 Å². The molecule has 0 bridgehead atoms. The number of likely N-dealkylation sites (tertiary alicyclic amines) is 1. The van der Waals surface area contributed by atoms with Gasteiger partial charge in [-0.05, 0) is 37.5 Å². The summed E-state index contributed by atoms with van der Waals surface area (Å²) in [5.41, 5.74) is 6.94. The van der Waals surface area contributed by atoms with Gasteiger partial charge >= 0.3 is 12.0 Å². The van der Waals surface area contributed by atoms with E-state index < -0.39 is 23.6 Å². The number of nitrogens with one attached hydrogen (secondary N) is 1. The van der Waals surface area contributed by atoms with E-state index in [1.54, 1.807) is 11.8 Å². The number of amides is 3. The third kappa shape index (κ3) is 4.56. The number of aliphatic carboxylic acids is 1. The Labute approximate surface area is 199 Å². The van der Waals surface area contributed by atoms with Gasteiger partial charge in [-0.25, -0.2) is 4.79 Å². The monoisotopic (exact) mass is 465 g/mol. The average molecular weight is 466 g/mol. The van der Waals surface area contributed by atoms with Gasteiger partial charge in [-0.1, -0.05) is 48.5 Å². The first kappa shape index (κ1) is 23.6. The summed E-state index contributed by atoms with van der Waals surface area (Å²) in [5, 5.41) is 11.8. The van der Waals surface area contributed by atoms with Crippen molar-refractivity contribution in [1.29, 1.82) is 0 Å². The molecule has 2 aliphatic rings. The van der Waals surface area contributed by atoms with Gasteiger partial charge in [0.25, 0.3) is 0 Å². The molecule has 4 N–H and O–H groups in total. The molecule has 0 aliphatic carbocycles. The number of nitrogens with two attached hydrogens (primary N) is 1. The maximum absolute atomic E-state index is 13.8. The van der Waals surface area contributed by atoms with Crippen molar-refractivity contribution in [3.05, 3.63) is 66.2 Å². The fourth-order valence-corrected chi connectivity index (χ4v) is 4.80. The lowest BCUT2D eigenvalue weighted by Crippen LogP contribution is -2.60. The van der Waals surface area contributed by atoms with Gasteiger partial charge < -0.3 is 30.9 Å². The van der Waals surface area contributed by atoms with Crippen LogP contribution in [0.4, 0.5) is 10.5 Å². The molecule has 34 heavy (non-hydrogen) atoms. The zero-order chi connectivity index (χ0) is 24.3. The Morgan fingerprint density at radius 3 is 2.24 bits per heavy atom. The Morgan fingerprint density at radius 2 is 1.65 bits per heavy atom. The number of piperidine rings is 1. The van der Waals surface area contributed by atoms with Crippen LogP contribution in [-0.2, 0) is 16.1 Å². The molecule has 9 nitrogen and oxygen atoms in total. The van der Waals surface area contributed by atoms with Crippen molar-refractivity contribution in [3.8, 4) is 0 Å². The molecule has 3 amide bonds. The van der Waals surface area contributed by atoms with E-state index in [0.29, 0.717) is 39.1 Å². The molecular formula is C25H31N5O4. The van der Waals surface area contributed by atoms with Gasteiger partial charge in [0.15, 0.2) is 0 Å². The molecule has 9 heteroatoms. The Kier molecular flexibility index (Phi) is 6.74. The minimum Gasteiger partial charge on any atom is -0.480 e. The van der Waals surface area contributed by atoms with Crippen molar-refractivity contribution < 1.29 is 19.5 Å². The van der Waals surface area contributed by atoms with E-state index in [1.807, 2.05) is 65.6 Å². The van der Waals surface area contributed by atoms with Crippen LogP contribution < -0.4 is 16.0 Å². The van der Waals surface area contributed by atoms with Gasteiger partial charge in [0.05, 0.1) is 12.7 Å². The lowest BCUT2D eigenvalue weighted by molar-refractivity contribution is -0.139. The van der Waals surface area contributed by atoms with Crippen LogP contribution in [0.2, 0.25) is 0 Å². The highest BCUT2D eigenvalue weighted by Gasteiger charge is 2.54. The number of carboxylic acid groups (broad SMARTS) is 1. The van der Waals surface area contributed by atoms with Crippen molar-refractivity contribution in [2.45, 2.75) is 43.9 Å². The Bertz CT molecular complexity index is 1020. The van der Waals surface area contributed by atoms with Gasteiger partial charge in [0.1, 0.15) is 11.6 Å². The zero-order valence-electron chi connectivity index (χ0n) is 19.3. The van der Waals surface area contributed by atoms with E-state index in [-0.39, 0.29) is 11.9 Å². The molecule has 2 aromatic rings. The summed E-state index contributed by atoms with van der Waals surface area (Å²) >= 11 is 0. The van der Waals surface area contributed by atoms with E-state index in [2.05, 4.69) is 10.2 Å². The number of carbonyl (C=O) groups is 3. The lowest BCUT2D eigenvalue weighted by atomic mass is 9.85. The molecular weight excluding hydrogens is 434 g/mol. The van der Waals surface area contributed by atoms with E-state index in [0.717, 1.165) is 11.3 Å². The number of benzene rings is 2. The topological polar surface area (TPSA) is 119 Å².